The van der Waals surface area contributed by atoms with Crippen molar-refractivity contribution in [3.8, 4) is 11.5 Å². The summed E-state index contributed by atoms with van der Waals surface area (Å²) in [6.07, 6.45) is 1.89. The van der Waals surface area contributed by atoms with E-state index in [0.717, 1.165) is 48.8 Å². The maximum Gasteiger partial charge on any atom is 0.231 e. The molecule has 2 aliphatic heterocycles. The molecular formula is C22H25NO4. The maximum absolute atomic E-state index is 13.4. The van der Waals surface area contributed by atoms with Crippen LogP contribution in [-0.2, 0) is 16.1 Å². The minimum atomic E-state index is -0.0388. The molecule has 2 aliphatic rings. The zero-order valence-corrected chi connectivity index (χ0v) is 15.6. The number of anilines is 1. The molecule has 142 valence electrons. The van der Waals surface area contributed by atoms with Crippen LogP contribution in [0.15, 0.2) is 48.5 Å². The SMILES string of the molecule is CC(C(=O)N(Cc1ccc2c(c1)OCO2)c1ccccc1)C1CCOCC1. The Morgan fingerprint density at radius 2 is 1.81 bits per heavy atom. The lowest BCUT2D eigenvalue weighted by molar-refractivity contribution is -0.124. The summed E-state index contributed by atoms with van der Waals surface area (Å²) in [4.78, 5) is 15.3. The van der Waals surface area contributed by atoms with Gasteiger partial charge in [0.1, 0.15) is 0 Å². The summed E-state index contributed by atoms with van der Waals surface area (Å²) in [5.74, 6) is 1.99. The van der Waals surface area contributed by atoms with E-state index in [-0.39, 0.29) is 18.6 Å². The summed E-state index contributed by atoms with van der Waals surface area (Å²) >= 11 is 0. The largest absolute Gasteiger partial charge is 0.454 e. The van der Waals surface area contributed by atoms with Crippen LogP contribution in [0, 0.1) is 11.8 Å². The van der Waals surface area contributed by atoms with Crippen LogP contribution in [0.5, 0.6) is 11.5 Å². The lowest BCUT2D eigenvalue weighted by Crippen LogP contribution is -2.39. The highest BCUT2D eigenvalue weighted by Gasteiger charge is 2.30. The molecule has 5 heteroatoms. The van der Waals surface area contributed by atoms with Gasteiger partial charge in [-0.05, 0) is 48.6 Å². The molecule has 0 saturated carbocycles. The van der Waals surface area contributed by atoms with Gasteiger partial charge in [-0.2, -0.15) is 0 Å². The first kappa shape index (κ1) is 17.9. The molecule has 1 atom stereocenters. The maximum atomic E-state index is 13.4. The second-order valence-corrected chi connectivity index (χ2v) is 7.19. The van der Waals surface area contributed by atoms with Crippen LogP contribution in [0.3, 0.4) is 0 Å². The zero-order valence-electron chi connectivity index (χ0n) is 15.6. The van der Waals surface area contributed by atoms with Crippen molar-refractivity contribution in [1.29, 1.82) is 0 Å². The van der Waals surface area contributed by atoms with Gasteiger partial charge >= 0.3 is 0 Å². The van der Waals surface area contributed by atoms with Crippen LogP contribution < -0.4 is 14.4 Å². The summed E-state index contributed by atoms with van der Waals surface area (Å²) in [7, 11) is 0. The first-order valence-corrected chi connectivity index (χ1v) is 9.55. The Bertz CT molecular complexity index is 786. The Labute approximate surface area is 159 Å². The lowest BCUT2D eigenvalue weighted by atomic mass is 9.86. The highest BCUT2D eigenvalue weighted by molar-refractivity contribution is 5.95. The number of carbonyl (C=O) groups is 1. The number of hydrogen-bond acceptors (Lipinski definition) is 4. The van der Waals surface area contributed by atoms with Crippen molar-refractivity contribution < 1.29 is 19.0 Å². The van der Waals surface area contributed by atoms with Crippen LogP contribution in [0.1, 0.15) is 25.3 Å². The first-order chi connectivity index (χ1) is 13.2. The third-order valence-corrected chi connectivity index (χ3v) is 5.47. The van der Waals surface area contributed by atoms with Gasteiger partial charge in [0, 0.05) is 24.8 Å². The van der Waals surface area contributed by atoms with E-state index in [9.17, 15) is 4.79 Å². The minimum absolute atomic E-state index is 0.0388. The highest BCUT2D eigenvalue weighted by atomic mass is 16.7. The first-order valence-electron chi connectivity index (χ1n) is 9.55. The highest BCUT2D eigenvalue weighted by Crippen LogP contribution is 2.34. The summed E-state index contributed by atoms with van der Waals surface area (Å²) < 4.78 is 16.3. The average Bonchev–Trinajstić information content (AvgIpc) is 3.20. The molecule has 0 N–H and O–H groups in total. The summed E-state index contributed by atoms with van der Waals surface area (Å²) in [5.41, 5.74) is 1.94. The number of para-hydroxylation sites is 1. The van der Waals surface area contributed by atoms with E-state index < -0.39 is 0 Å². The van der Waals surface area contributed by atoms with Crippen LogP contribution in [0.25, 0.3) is 0 Å². The third-order valence-electron chi connectivity index (χ3n) is 5.47. The number of rotatable bonds is 5. The van der Waals surface area contributed by atoms with Crippen LogP contribution in [0.2, 0.25) is 0 Å². The minimum Gasteiger partial charge on any atom is -0.454 e. The molecule has 2 aromatic rings. The van der Waals surface area contributed by atoms with E-state index in [1.54, 1.807) is 0 Å². The standard InChI is InChI=1S/C22H25NO4/c1-16(18-9-11-25-12-10-18)22(24)23(19-5-3-2-4-6-19)14-17-7-8-20-21(13-17)27-15-26-20/h2-8,13,16,18H,9-12,14-15H2,1H3. The summed E-state index contributed by atoms with van der Waals surface area (Å²) in [6, 6.07) is 15.7. The number of carbonyl (C=O) groups excluding carboxylic acids is 1. The van der Waals surface area contributed by atoms with Crippen molar-refractivity contribution in [2.45, 2.75) is 26.3 Å². The number of benzene rings is 2. The van der Waals surface area contributed by atoms with Crippen LogP contribution >= 0.6 is 0 Å². The molecule has 1 unspecified atom stereocenters. The van der Waals surface area contributed by atoms with Gasteiger partial charge in [0.25, 0.3) is 0 Å². The van der Waals surface area contributed by atoms with E-state index in [1.165, 1.54) is 0 Å². The van der Waals surface area contributed by atoms with Gasteiger partial charge in [0.05, 0.1) is 6.54 Å². The topological polar surface area (TPSA) is 48.0 Å². The summed E-state index contributed by atoms with van der Waals surface area (Å²) in [6.45, 7) is 4.30. The van der Waals surface area contributed by atoms with Gasteiger partial charge in [-0.3, -0.25) is 4.79 Å². The molecule has 1 fully saturated rings. The van der Waals surface area contributed by atoms with E-state index in [1.807, 2.05) is 60.4 Å². The molecule has 1 saturated heterocycles. The van der Waals surface area contributed by atoms with E-state index >= 15 is 0 Å². The monoisotopic (exact) mass is 367 g/mol. The van der Waals surface area contributed by atoms with Gasteiger partial charge < -0.3 is 19.1 Å². The molecule has 0 aromatic heterocycles. The molecule has 27 heavy (non-hydrogen) atoms. The number of fused-ring (bicyclic) bond motifs is 1. The Morgan fingerprint density at radius 3 is 2.59 bits per heavy atom. The van der Waals surface area contributed by atoms with Crippen molar-refractivity contribution >= 4 is 11.6 Å². The molecule has 0 spiro atoms. The number of hydrogen-bond donors (Lipinski definition) is 0. The van der Waals surface area contributed by atoms with E-state index in [0.29, 0.717) is 12.5 Å². The van der Waals surface area contributed by atoms with Crippen molar-refractivity contribution in [2.75, 3.05) is 24.9 Å². The van der Waals surface area contributed by atoms with Crippen molar-refractivity contribution in [2.24, 2.45) is 11.8 Å². The molecule has 2 heterocycles. The van der Waals surface area contributed by atoms with Crippen molar-refractivity contribution in [3.63, 3.8) is 0 Å². The second-order valence-electron chi connectivity index (χ2n) is 7.19. The molecule has 0 aliphatic carbocycles. The van der Waals surface area contributed by atoms with Gasteiger partial charge in [-0.1, -0.05) is 31.2 Å². The molecule has 5 nitrogen and oxygen atoms in total. The predicted octanol–water partition coefficient (Wildman–Crippen LogP) is 4.01. The molecule has 2 aromatic carbocycles. The van der Waals surface area contributed by atoms with E-state index in [2.05, 4.69) is 0 Å². The van der Waals surface area contributed by atoms with Gasteiger partial charge in [0.2, 0.25) is 12.7 Å². The quantitative estimate of drug-likeness (QED) is 0.801. The fourth-order valence-corrected chi connectivity index (χ4v) is 3.79. The van der Waals surface area contributed by atoms with Gasteiger partial charge in [0.15, 0.2) is 11.5 Å². The normalized spacial score (nSPS) is 17.5. The summed E-state index contributed by atoms with van der Waals surface area (Å²) in [5, 5.41) is 0. The molecule has 0 bridgehead atoms. The third kappa shape index (κ3) is 3.93. The van der Waals surface area contributed by atoms with Crippen LogP contribution in [0.4, 0.5) is 5.69 Å². The fourth-order valence-electron chi connectivity index (χ4n) is 3.79. The second kappa shape index (κ2) is 8.01. The predicted molar refractivity (Wildman–Crippen MR) is 103 cm³/mol. The van der Waals surface area contributed by atoms with Crippen molar-refractivity contribution in [3.05, 3.63) is 54.1 Å². The smallest absolute Gasteiger partial charge is 0.231 e. The Morgan fingerprint density at radius 1 is 1.07 bits per heavy atom. The van der Waals surface area contributed by atoms with Gasteiger partial charge in [-0.15, -0.1) is 0 Å². The number of ether oxygens (including phenoxy) is 3. The average molecular weight is 367 g/mol. The fraction of sp³-hybridized carbons (Fsp3) is 0.409. The number of nitrogens with zero attached hydrogens (tertiary/aromatic N) is 1. The van der Waals surface area contributed by atoms with Gasteiger partial charge in [-0.25, -0.2) is 0 Å². The van der Waals surface area contributed by atoms with Crippen LogP contribution in [-0.4, -0.2) is 25.9 Å². The molecule has 1 amide bonds. The Kier molecular flexibility index (Phi) is 5.30. The Hall–Kier alpha value is -2.53. The van der Waals surface area contributed by atoms with Crippen molar-refractivity contribution in [1.82, 2.24) is 0 Å². The molecule has 0 radical (unpaired) electrons. The number of amides is 1. The molecule has 4 rings (SSSR count). The lowest BCUT2D eigenvalue weighted by Gasteiger charge is -2.32. The Balaban J connectivity index is 1.58. The molecular weight excluding hydrogens is 342 g/mol. The zero-order chi connectivity index (χ0) is 18.6. The van der Waals surface area contributed by atoms with E-state index in [4.69, 9.17) is 14.2 Å².